The number of ether oxygens (including phenoxy) is 1. The van der Waals surface area contributed by atoms with Gasteiger partial charge in [-0.1, -0.05) is 6.07 Å². The van der Waals surface area contributed by atoms with Gasteiger partial charge in [-0.3, -0.25) is 4.79 Å². The molecule has 3 rings (SSSR count). The number of hydrogen-bond acceptors (Lipinski definition) is 6. The Morgan fingerprint density at radius 2 is 2.07 bits per heavy atom. The molecule has 1 aromatic heterocycles. The molecule has 1 aliphatic rings. The van der Waals surface area contributed by atoms with Crippen LogP contribution in [0, 0.1) is 0 Å². The highest BCUT2D eigenvalue weighted by Gasteiger charge is 2.34. The summed E-state index contributed by atoms with van der Waals surface area (Å²) < 4.78 is 40.9. The minimum Gasteiger partial charge on any atom is -0.476 e. The van der Waals surface area contributed by atoms with E-state index in [1.807, 2.05) is 0 Å². The Bertz CT molecular complexity index is 857. The fraction of sp³-hybridized carbons (Fsp3) is 0.250. The lowest BCUT2D eigenvalue weighted by atomic mass is 10.2. The first-order valence-corrected chi connectivity index (χ1v) is 7.72. The molecule has 8 nitrogen and oxygen atoms in total. The average Bonchev–Trinajstić information content (AvgIpc) is 2.95. The summed E-state index contributed by atoms with van der Waals surface area (Å²) in [6, 6.07) is 4.48. The van der Waals surface area contributed by atoms with E-state index in [1.54, 1.807) is 0 Å². The number of aromatic carboxylic acids is 1. The lowest BCUT2D eigenvalue weighted by molar-refractivity contribution is -0.274. The summed E-state index contributed by atoms with van der Waals surface area (Å²) in [5, 5.41) is 11.6. The van der Waals surface area contributed by atoms with E-state index >= 15 is 0 Å². The third kappa shape index (κ3) is 4.43. The largest absolute Gasteiger partial charge is 0.573 e. The molecule has 11 heteroatoms. The molecule has 0 radical (unpaired) electrons. The van der Waals surface area contributed by atoms with E-state index in [0.29, 0.717) is 6.42 Å². The molecule has 0 saturated carbocycles. The molecule has 0 bridgehead atoms. The summed E-state index contributed by atoms with van der Waals surface area (Å²) >= 11 is 0. The van der Waals surface area contributed by atoms with Crippen molar-refractivity contribution in [3.05, 3.63) is 42.4 Å². The highest BCUT2D eigenvalue weighted by atomic mass is 19.4. The molecular weight excluding hydrogens is 369 g/mol. The molecule has 1 amide bonds. The van der Waals surface area contributed by atoms with Gasteiger partial charge >= 0.3 is 12.3 Å². The molecule has 1 fully saturated rings. The number of nitrogens with one attached hydrogen (secondary N) is 1. The molecule has 2 N–H and O–H groups in total. The third-order valence-corrected chi connectivity index (χ3v) is 3.76. The SMILES string of the molecule is O=C(O)c1cnc(NC2CCN(c3cccc(OC(F)(F)F)c3)C2=O)cn1. The standard InChI is InChI=1S/C16H13F3N4O4/c17-16(18,19)27-10-3-1-2-9(6-10)23-5-4-11(14(23)24)22-13-8-20-12(7-21-13)15(25)26/h1-3,6-8,11H,4-5H2,(H,21,22)(H,25,26). The van der Waals surface area contributed by atoms with Crippen molar-refractivity contribution in [1.82, 2.24) is 9.97 Å². The van der Waals surface area contributed by atoms with Crippen LogP contribution in [-0.4, -0.2) is 45.9 Å². The Labute approximate surface area is 150 Å². The van der Waals surface area contributed by atoms with Crippen LogP contribution in [0.4, 0.5) is 24.7 Å². The van der Waals surface area contributed by atoms with Crippen molar-refractivity contribution < 1.29 is 32.6 Å². The highest BCUT2D eigenvalue weighted by Crippen LogP contribution is 2.29. The zero-order chi connectivity index (χ0) is 19.6. The number of carboxylic acids is 1. The minimum absolute atomic E-state index is 0.217. The Morgan fingerprint density at radius 1 is 1.30 bits per heavy atom. The second kappa shape index (κ2) is 7.09. The van der Waals surface area contributed by atoms with Crippen LogP contribution in [0.1, 0.15) is 16.9 Å². The van der Waals surface area contributed by atoms with Crippen molar-refractivity contribution in [3.8, 4) is 5.75 Å². The van der Waals surface area contributed by atoms with E-state index in [-0.39, 0.29) is 29.7 Å². The van der Waals surface area contributed by atoms with Gasteiger partial charge in [0.2, 0.25) is 5.91 Å². The average molecular weight is 382 g/mol. The smallest absolute Gasteiger partial charge is 0.476 e. The number of benzene rings is 1. The molecule has 1 aliphatic heterocycles. The summed E-state index contributed by atoms with van der Waals surface area (Å²) in [6.07, 6.45) is -2.19. The molecule has 0 aliphatic carbocycles. The van der Waals surface area contributed by atoms with E-state index in [0.717, 1.165) is 18.3 Å². The summed E-state index contributed by atoms with van der Waals surface area (Å²) in [5.74, 6) is -1.78. The molecule has 2 heterocycles. The first-order chi connectivity index (χ1) is 12.7. The molecule has 142 valence electrons. The van der Waals surface area contributed by atoms with Gasteiger partial charge in [-0.2, -0.15) is 0 Å². The second-order valence-electron chi connectivity index (χ2n) is 5.61. The van der Waals surface area contributed by atoms with Crippen LogP contribution in [0.3, 0.4) is 0 Å². The van der Waals surface area contributed by atoms with Gasteiger partial charge in [0.15, 0.2) is 5.69 Å². The predicted octanol–water partition coefficient (Wildman–Crippen LogP) is 2.29. The minimum atomic E-state index is -4.82. The normalized spacial score (nSPS) is 17.1. The maximum Gasteiger partial charge on any atom is 0.573 e. The Hall–Kier alpha value is -3.37. The summed E-state index contributed by atoms with van der Waals surface area (Å²) in [4.78, 5) is 32.2. The number of hydrogen-bond donors (Lipinski definition) is 2. The number of halogens is 3. The van der Waals surface area contributed by atoms with Crippen LogP contribution in [0.2, 0.25) is 0 Å². The zero-order valence-corrected chi connectivity index (χ0v) is 13.6. The second-order valence-corrected chi connectivity index (χ2v) is 5.61. The molecular formula is C16H13F3N4O4. The van der Waals surface area contributed by atoms with E-state index < -0.39 is 24.1 Å². The fourth-order valence-electron chi connectivity index (χ4n) is 2.61. The van der Waals surface area contributed by atoms with Crippen molar-refractivity contribution in [2.45, 2.75) is 18.8 Å². The fourth-order valence-corrected chi connectivity index (χ4v) is 2.61. The van der Waals surface area contributed by atoms with Gasteiger partial charge in [0.25, 0.3) is 0 Å². The molecule has 1 atom stereocenters. The van der Waals surface area contributed by atoms with Crippen molar-refractivity contribution in [2.75, 3.05) is 16.8 Å². The maximum absolute atomic E-state index is 12.5. The topological polar surface area (TPSA) is 105 Å². The number of carbonyl (C=O) groups is 2. The number of aromatic nitrogens is 2. The van der Waals surface area contributed by atoms with Crippen molar-refractivity contribution >= 4 is 23.4 Å². The molecule has 1 unspecified atom stereocenters. The first-order valence-electron chi connectivity index (χ1n) is 7.72. The van der Waals surface area contributed by atoms with Gasteiger partial charge in [0.1, 0.15) is 17.6 Å². The number of nitrogens with zero attached hydrogens (tertiary/aromatic N) is 3. The van der Waals surface area contributed by atoms with Crippen LogP contribution in [-0.2, 0) is 4.79 Å². The Kier molecular flexibility index (Phi) is 4.84. The molecule has 1 saturated heterocycles. The van der Waals surface area contributed by atoms with E-state index in [9.17, 15) is 22.8 Å². The van der Waals surface area contributed by atoms with Crippen LogP contribution in [0.15, 0.2) is 36.7 Å². The van der Waals surface area contributed by atoms with Crippen LogP contribution in [0.5, 0.6) is 5.75 Å². The van der Waals surface area contributed by atoms with E-state index in [2.05, 4.69) is 20.0 Å². The Morgan fingerprint density at radius 3 is 2.70 bits per heavy atom. The van der Waals surface area contributed by atoms with Crippen molar-refractivity contribution in [3.63, 3.8) is 0 Å². The number of anilines is 2. The highest BCUT2D eigenvalue weighted by molar-refractivity contribution is 6.01. The van der Waals surface area contributed by atoms with Gasteiger partial charge in [-0.15, -0.1) is 13.2 Å². The lowest BCUT2D eigenvalue weighted by Crippen LogP contribution is -2.33. The third-order valence-electron chi connectivity index (χ3n) is 3.76. The van der Waals surface area contributed by atoms with Gasteiger partial charge in [0, 0.05) is 18.3 Å². The first kappa shape index (κ1) is 18.4. The van der Waals surface area contributed by atoms with Crippen LogP contribution in [0.25, 0.3) is 0 Å². The Balaban J connectivity index is 1.69. The van der Waals surface area contributed by atoms with Crippen LogP contribution >= 0.6 is 0 Å². The maximum atomic E-state index is 12.5. The van der Waals surface area contributed by atoms with E-state index in [4.69, 9.17) is 5.11 Å². The van der Waals surface area contributed by atoms with Gasteiger partial charge in [-0.25, -0.2) is 14.8 Å². The van der Waals surface area contributed by atoms with E-state index in [1.165, 1.54) is 23.2 Å². The summed E-state index contributed by atoms with van der Waals surface area (Å²) in [6.45, 7) is 0.284. The molecule has 27 heavy (non-hydrogen) atoms. The quantitative estimate of drug-likeness (QED) is 0.818. The zero-order valence-electron chi connectivity index (χ0n) is 13.6. The molecule has 2 aromatic rings. The van der Waals surface area contributed by atoms with Crippen LogP contribution < -0.4 is 15.0 Å². The van der Waals surface area contributed by atoms with Gasteiger partial charge in [0.05, 0.1) is 12.4 Å². The number of carbonyl (C=O) groups excluding carboxylic acids is 1. The van der Waals surface area contributed by atoms with Gasteiger partial charge in [-0.05, 0) is 18.6 Å². The number of carboxylic acid groups (broad SMARTS) is 1. The summed E-state index contributed by atoms with van der Waals surface area (Å²) in [7, 11) is 0. The van der Waals surface area contributed by atoms with Crippen molar-refractivity contribution in [2.24, 2.45) is 0 Å². The van der Waals surface area contributed by atoms with Crippen molar-refractivity contribution in [1.29, 1.82) is 0 Å². The molecule has 0 spiro atoms. The lowest BCUT2D eigenvalue weighted by Gasteiger charge is -2.18. The predicted molar refractivity (Wildman–Crippen MR) is 86.5 cm³/mol. The number of rotatable bonds is 5. The summed E-state index contributed by atoms with van der Waals surface area (Å²) in [5.41, 5.74) is 0.0414. The number of alkyl halides is 3. The number of amides is 1. The molecule has 1 aromatic carbocycles. The van der Waals surface area contributed by atoms with Gasteiger partial charge < -0.3 is 20.1 Å². The monoisotopic (exact) mass is 382 g/mol.